The van der Waals surface area contributed by atoms with Crippen molar-refractivity contribution >= 4 is 21.6 Å². The van der Waals surface area contributed by atoms with Crippen molar-refractivity contribution in [3.05, 3.63) is 41.3 Å². The number of hydrogen-bond donors (Lipinski definition) is 1. The summed E-state index contributed by atoms with van der Waals surface area (Å²) in [6.07, 6.45) is 3.22. The van der Waals surface area contributed by atoms with Gasteiger partial charge in [-0.2, -0.15) is 0 Å². The minimum Gasteiger partial charge on any atom is -0.436 e. The second-order valence-corrected chi connectivity index (χ2v) is 3.58. The molecule has 0 saturated carbocycles. The lowest BCUT2D eigenvalue weighted by Gasteiger charge is -2.05. The lowest BCUT2D eigenvalue weighted by Crippen LogP contribution is -1.91. The van der Waals surface area contributed by atoms with Crippen molar-refractivity contribution in [2.75, 3.05) is 5.73 Å². The minimum absolute atomic E-state index is 0.484. The van der Waals surface area contributed by atoms with E-state index in [2.05, 4.69) is 25.9 Å². The molecule has 0 aliphatic carbocycles. The van der Waals surface area contributed by atoms with E-state index < -0.39 is 0 Å². The predicted molar refractivity (Wildman–Crippen MR) is 60.7 cm³/mol. The summed E-state index contributed by atoms with van der Waals surface area (Å²) in [5.41, 5.74) is 6.11. The van der Waals surface area contributed by atoms with Crippen LogP contribution in [0.15, 0.2) is 41.3 Å². The number of nitrogens with zero attached hydrogens (tertiary/aromatic N) is 2. The van der Waals surface area contributed by atoms with Gasteiger partial charge in [0.25, 0.3) is 0 Å². The number of rotatable bonds is 2. The number of anilines is 1. The topological polar surface area (TPSA) is 61.0 Å². The Morgan fingerprint density at radius 1 is 1.20 bits per heavy atom. The van der Waals surface area contributed by atoms with Crippen LogP contribution in [0, 0.1) is 0 Å². The van der Waals surface area contributed by atoms with Crippen LogP contribution in [0.3, 0.4) is 0 Å². The molecule has 0 radical (unpaired) electrons. The van der Waals surface area contributed by atoms with Gasteiger partial charge in [-0.25, -0.2) is 9.97 Å². The molecule has 0 unspecified atom stereocenters. The molecule has 2 aromatic rings. The molecule has 2 N–H and O–H groups in total. The molecule has 0 saturated heterocycles. The lowest BCUT2D eigenvalue weighted by molar-refractivity contribution is 0.457. The van der Waals surface area contributed by atoms with Crippen molar-refractivity contribution in [1.29, 1.82) is 0 Å². The van der Waals surface area contributed by atoms with Gasteiger partial charge in [0, 0.05) is 12.3 Å². The Morgan fingerprint density at radius 2 is 2.07 bits per heavy atom. The first-order chi connectivity index (χ1) is 7.25. The standard InChI is InChI=1S/C10H8BrN3O/c11-10-8(2-1-5-13-10)15-9-4-3-7(12)6-14-9/h1-6H,12H2. The van der Waals surface area contributed by atoms with E-state index in [4.69, 9.17) is 10.5 Å². The molecule has 0 aliphatic heterocycles. The van der Waals surface area contributed by atoms with Gasteiger partial charge in [-0.15, -0.1) is 0 Å². The molecule has 0 aliphatic rings. The molecule has 2 aromatic heterocycles. The summed E-state index contributed by atoms with van der Waals surface area (Å²) < 4.78 is 6.13. The Labute approximate surface area is 95.2 Å². The average Bonchev–Trinajstić information content (AvgIpc) is 2.25. The van der Waals surface area contributed by atoms with Gasteiger partial charge in [-0.3, -0.25) is 0 Å². The first-order valence-electron chi connectivity index (χ1n) is 4.25. The van der Waals surface area contributed by atoms with E-state index in [1.807, 2.05) is 0 Å². The third-order valence-corrected chi connectivity index (χ3v) is 2.29. The molecule has 0 fully saturated rings. The second-order valence-electron chi connectivity index (χ2n) is 2.82. The van der Waals surface area contributed by atoms with Crippen molar-refractivity contribution in [2.24, 2.45) is 0 Å². The molecule has 0 atom stereocenters. The normalized spacial score (nSPS) is 9.93. The van der Waals surface area contributed by atoms with E-state index >= 15 is 0 Å². The maximum absolute atomic E-state index is 5.51. The monoisotopic (exact) mass is 265 g/mol. The summed E-state index contributed by atoms with van der Waals surface area (Å²) in [5.74, 6) is 1.10. The quantitative estimate of drug-likeness (QED) is 0.849. The molecule has 15 heavy (non-hydrogen) atoms. The predicted octanol–water partition coefficient (Wildman–Crippen LogP) is 2.61. The van der Waals surface area contributed by atoms with Crippen LogP contribution >= 0.6 is 15.9 Å². The van der Waals surface area contributed by atoms with Crippen molar-refractivity contribution < 1.29 is 4.74 Å². The summed E-state index contributed by atoms with van der Waals surface area (Å²) in [5, 5.41) is 0. The molecule has 2 heterocycles. The van der Waals surface area contributed by atoms with Gasteiger partial charge in [-0.1, -0.05) is 0 Å². The van der Waals surface area contributed by atoms with E-state index in [9.17, 15) is 0 Å². The number of nitrogen functional groups attached to an aromatic ring is 1. The first kappa shape index (κ1) is 9.92. The first-order valence-corrected chi connectivity index (χ1v) is 5.05. The van der Waals surface area contributed by atoms with Crippen LogP contribution in [0.5, 0.6) is 11.6 Å². The zero-order valence-electron chi connectivity index (χ0n) is 7.72. The molecular weight excluding hydrogens is 258 g/mol. The summed E-state index contributed by atoms with van der Waals surface area (Å²) in [6, 6.07) is 7.02. The van der Waals surface area contributed by atoms with E-state index in [0.717, 1.165) is 0 Å². The van der Waals surface area contributed by atoms with Gasteiger partial charge < -0.3 is 10.5 Å². The maximum atomic E-state index is 5.51. The summed E-state index contributed by atoms with van der Waals surface area (Å²) >= 11 is 3.28. The van der Waals surface area contributed by atoms with Crippen LogP contribution in [-0.2, 0) is 0 Å². The number of hydrogen-bond acceptors (Lipinski definition) is 4. The number of pyridine rings is 2. The summed E-state index contributed by atoms with van der Waals surface area (Å²) in [6.45, 7) is 0. The van der Waals surface area contributed by atoms with Crippen LogP contribution in [-0.4, -0.2) is 9.97 Å². The SMILES string of the molecule is Nc1ccc(Oc2cccnc2Br)nc1. The van der Waals surface area contributed by atoms with Gasteiger partial charge in [-0.05, 0) is 34.1 Å². The Balaban J connectivity index is 2.22. The third-order valence-electron chi connectivity index (χ3n) is 1.70. The fourth-order valence-electron chi connectivity index (χ4n) is 1.01. The van der Waals surface area contributed by atoms with Gasteiger partial charge in [0.05, 0.1) is 11.9 Å². The van der Waals surface area contributed by atoms with Crippen LogP contribution in [0.2, 0.25) is 0 Å². The molecule has 2 rings (SSSR count). The van der Waals surface area contributed by atoms with Crippen LogP contribution in [0.4, 0.5) is 5.69 Å². The van der Waals surface area contributed by atoms with E-state index in [-0.39, 0.29) is 0 Å². The highest BCUT2D eigenvalue weighted by Crippen LogP contribution is 2.26. The van der Waals surface area contributed by atoms with Crippen molar-refractivity contribution in [3.8, 4) is 11.6 Å². The summed E-state index contributed by atoms with van der Waals surface area (Å²) in [4.78, 5) is 8.05. The fourth-order valence-corrected chi connectivity index (χ4v) is 1.34. The van der Waals surface area contributed by atoms with Crippen molar-refractivity contribution in [3.63, 3.8) is 0 Å². The molecule has 0 bridgehead atoms. The lowest BCUT2D eigenvalue weighted by atomic mass is 10.4. The highest BCUT2D eigenvalue weighted by atomic mass is 79.9. The maximum Gasteiger partial charge on any atom is 0.219 e. The fraction of sp³-hybridized carbons (Fsp3) is 0. The molecule has 5 heteroatoms. The Morgan fingerprint density at radius 3 is 2.73 bits per heavy atom. The van der Waals surface area contributed by atoms with Crippen LogP contribution < -0.4 is 10.5 Å². The minimum atomic E-state index is 0.484. The zero-order chi connectivity index (χ0) is 10.7. The Bertz CT molecular complexity index is 458. The number of nitrogens with two attached hydrogens (primary N) is 1. The van der Waals surface area contributed by atoms with E-state index in [1.54, 1.807) is 36.7 Å². The molecule has 0 spiro atoms. The highest BCUT2D eigenvalue weighted by molar-refractivity contribution is 9.10. The summed E-state index contributed by atoms with van der Waals surface area (Å²) in [7, 11) is 0. The van der Waals surface area contributed by atoms with E-state index in [1.165, 1.54) is 0 Å². The second kappa shape index (κ2) is 4.27. The Hall–Kier alpha value is -1.62. The van der Waals surface area contributed by atoms with Gasteiger partial charge in [0.2, 0.25) is 5.88 Å². The molecule has 0 aromatic carbocycles. The Kier molecular flexibility index (Phi) is 2.82. The van der Waals surface area contributed by atoms with Gasteiger partial charge >= 0.3 is 0 Å². The number of halogens is 1. The average molecular weight is 266 g/mol. The van der Waals surface area contributed by atoms with Crippen LogP contribution in [0.1, 0.15) is 0 Å². The van der Waals surface area contributed by atoms with Crippen molar-refractivity contribution in [2.45, 2.75) is 0 Å². The number of aromatic nitrogens is 2. The van der Waals surface area contributed by atoms with Crippen LogP contribution in [0.25, 0.3) is 0 Å². The third kappa shape index (κ3) is 2.44. The van der Waals surface area contributed by atoms with Gasteiger partial charge in [0.1, 0.15) is 4.60 Å². The van der Waals surface area contributed by atoms with E-state index in [0.29, 0.717) is 21.9 Å². The van der Waals surface area contributed by atoms with Gasteiger partial charge in [0.15, 0.2) is 5.75 Å². The largest absolute Gasteiger partial charge is 0.436 e. The smallest absolute Gasteiger partial charge is 0.219 e. The number of ether oxygens (including phenoxy) is 1. The highest BCUT2D eigenvalue weighted by Gasteiger charge is 2.02. The zero-order valence-corrected chi connectivity index (χ0v) is 9.31. The van der Waals surface area contributed by atoms with Crippen molar-refractivity contribution in [1.82, 2.24) is 9.97 Å². The molecule has 0 amide bonds. The molecule has 4 nitrogen and oxygen atoms in total. The molecular formula is C10H8BrN3O. The molecule has 76 valence electrons.